The van der Waals surface area contributed by atoms with Gasteiger partial charge in [0.1, 0.15) is 5.01 Å². The molecule has 1 aliphatic heterocycles. The Hall–Kier alpha value is -1.05. The molecule has 2 aromatic rings. The number of aromatic nitrogens is 4. The molecule has 0 atom stereocenters. The molecule has 3 heterocycles. The van der Waals surface area contributed by atoms with Gasteiger partial charge in [0.2, 0.25) is 4.96 Å². The van der Waals surface area contributed by atoms with Crippen LogP contribution >= 0.6 is 11.3 Å². The molecule has 0 unspecified atom stereocenters. The molecule has 0 aliphatic carbocycles. The summed E-state index contributed by atoms with van der Waals surface area (Å²) in [5.41, 5.74) is 0. The molecule has 6 nitrogen and oxygen atoms in total. The fourth-order valence-corrected chi connectivity index (χ4v) is 3.23. The largest absolute Gasteiger partial charge is 0.378 e. The third kappa shape index (κ3) is 2.99. The Balaban J connectivity index is 1.57. The van der Waals surface area contributed by atoms with Crippen LogP contribution in [0.1, 0.15) is 43.4 Å². The zero-order chi connectivity index (χ0) is 13.9. The van der Waals surface area contributed by atoms with Gasteiger partial charge in [0.05, 0.1) is 12.7 Å². The van der Waals surface area contributed by atoms with E-state index >= 15 is 0 Å². The van der Waals surface area contributed by atoms with E-state index in [9.17, 15) is 0 Å². The van der Waals surface area contributed by atoms with Gasteiger partial charge in [-0.15, -0.1) is 10.2 Å². The second-order valence-corrected chi connectivity index (χ2v) is 6.51. The predicted molar refractivity (Wildman–Crippen MR) is 78.3 cm³/mol. The van der Waals surface area contributed by atoms with Crippen LogP contribution < -0.4 is 5.32 Å². The first-order valence-electron chi connectivity index (χ1n) is 7.27. The van der Waals surface area contributed by atoms with Crippen LogP contribution in [0.5, 0.6) is 0 Å². The first-order chi connectivity index (χ1) is 9.74. The Bertz CT molecular complexity index is 558. The lowest BCUT2D eigenvalue weighted by Gasteiger charge is -2.22. The van der Waals surface area contributed by atoms with Gasteiger partial charge >= 0.3 is 0 Å². The third-order valence-electron chi connectivity index (χ3n) is 3.53. The number of hydrogen-bond acceptors (Lipinski definition) is 6. The van der Waals surface area contributed by atoms with Crippen LogP contribution in [0.4, 0.5) is 0 Å². The van der Waals surface area contributed by atoms with Crippen molar-refractivity contribution in [2.45, 2.75) is 45.1 Å². The molecule has 2 aromatic heterocycles. The number of rotatable bonds is 5. The van der Waals surface area contributed by atoms with E-state index in [0.717, 1.165) is 54.8 Å². The lowest BCUT2D eigenvalue weighted by molar-refractivity contribution is 0.0348. The van der Waals surface area contributed by atoms with Crippen LogP contribution in [-0.4, -0.2) is 45.6 Å². The van der Waals surface area contributed by atoms with Crippen molar-refractivity contribution < 1.29 is 4.74 Å². The van der Waals surface area contributed by atoms with Crippen molar-refractivity contribution in [3.05, 3.63) is 10.8 Å². The number of piperidine rings is 1. The Kier molecular flexibility index (Phi) is 4.28. The lowest BCUT2D eigenvalue weighted by atomic mass is 10.1. The minimum atomic E-state index is 0.339. The quantitative estimate of drug-likeness (QED) is 0.908. The highest BCUT2D eigenvalue weighted by Crippen LogP contribution is 2.19. The van der Waals surface area contributed by atoms with E-state index in [4.69, 9.17) is 4.74 Å². The summed E-state index contributed by atoms with van der Waals surface area (Å²) < 4.78 is 7.79. The highest BCUT2D eigenvalue weighted by Gasteiger charge is 2.16. The molecule has 1 aliphatic rings. The Morgan fingerprint density at radius 1 is 1.35 bits per heavy atom. The lowest BCUT2D eigenvalue weighted by Crippen LogP contribution is -2.32. The molecule has 0 saturated carbocycles. The molecule has 1 fully saturated rings. The maximum Gasteiger partial charge on any atom is 0.234 e. The number of nitrogens with one attached hydrogen (secondary N) is 1. The van der Waals surface area contributed by atoms with Gasteiger partial charge in [0, 0.05) is 12.3 Å². The molecule has 20 heavy (non-hydrogen) atoms. The first-order valence-corrected chi connectivity index (χ1v) is 8.09. The Morgan fingerprint density at radius 2 is 2.15 bits per heavy atom. The molecule has 7 heteroatoms. The highest BCUT2D eigenvalue weighted by atomic mass is 32.1. The smallest absolute Gasteiger partial charge is 0.234 e. The van der Waals surface area contributed by atoms with Crippen LogP contribution in [-0.2, 0) is 11.2 Å². The van der Waals surface area contributed by atoms with E-state index in [2.05, 4.69) is 34.5 Å². The summed E-state index contributed by atoms with van der Waals surface area (Å²) in [5, 5.41) is 17.4. The normalized spacial score (nSPS) is 17.4. The van der Waals surface area contributed by atoms with Crippen molar-refractivity contribution in [1.29, 1.82) is 0 Å². The summed E-state index contributed by atoms with van der Waals surface area (Å²) >= 11 is 1.61. The highest BCUT2D eigenvalue weighted by molar-refractivity contribution is 7.16. The first kappa shape index (κ1) is 13.9. The summed E-state index contributed by atoms with van der Waals surface area (Å²) in [6.07, 6.45) is 3.49. The van der Waals surface area contributed by atoms with Crippen molar-refractivity contribution in [3.63, 3.8) is 0 Å². The van der Waals surface area contributed by atoms with Gasteiger partial charge in [-0.3, -0.25) is 0 Å². The molecule has 1 saturated heterocycles. The van der Waals surface area contributed by atoms with Gasteiger partial charge in [-0.1, -0.05) is 25.2 Å². The van der Waals surface area contributed by atoms with Crippen LogP contribution in [0.3, 0.4) is 0 Å². The minimum absolute atomic E-state index is 0.339. The topological polar surface area (TPSA) is 64.3 Å². The van der Waals surface area contributed by atoms with Gasteiger partial charge in [-0.2, -0.15) is 9.61 Å². The third-order valence-corrected chi connectivity index (χ3v) is 4.49. The fourth-order valence-electron chi connectivity index (χ4n) is 2.41. The molecule has 110 valence electrons. The number of hydrogen-bond donors (Lipinski definition) is 1. The van der Waals surface area contributed by atoms with Crippen molar-refractivity contribution in [3.8, 4) is 0 Å². The SMILES string of the molecule is CC(C)c1nnc2sc(CCOC3CCNCC3)nn12. The summed E-state index contributed by atoms with van der Waals surface area (Å²) in [7, 11) is 0. The zero-order valence-electron chi connectivity index (χ0n) is 12.0. The monoisotopic (exact) mass is 295 g/mol. The van der Waals surface area contributed by atoms with Crippen LogP contribution in [0.15, 0.2) is 0 Å². The molecule has 1 N–H and O–H groups in total. The Morgan fingerprint density at radius 3 is 2.90 bits per heavy atom. The van der Waals surface area contributed by atoms with E-state index in [1.807, 2.05) is 4.52 Å². The molecular formula is C13H21N5OS. The van der Waals surface area contributed by atoms with Crippen molar-refractivity contribution in [2.24, 2.45) is 0 Å². The second kappa shape index (κ2) is 6.15. The van der Waals surface area contributed by atoms with Crippen molar-refractivity contribution in [1.82, 2.24) is 25.1 Å². The zero-order valence-corrected chi connectivity index (χ0v) is 12.8. The van der Waals surface area contributed by atoms with Crippen molar-refractivity contribution in [2.75, 3.05) is 19.7 Å². The Labute approximate surface area is 122 Å². The van der Waals surface area contributed by atoms with Crippen molar-refractivity contribution >= 4 is 16.3 Å². The molecule has 0 spiro atoms. The van der Waals surface area contributed by atoms with E-state index < -0.39 is 0 Å². The van der Waals surface area contributed by atoms with E-state index in [1.54, 1.807) is 11.3 Å². The maximum atomic E-state index is 5.92. The van der Waals surface area contributed by atoms with Gasteiger partial charge < -0.3 is 10.1 Å². The van der Waals surface area contributed by atoms with Crippen LogP contribution in [0.25, 0.3) is 4.96 Å². The van der Waals surface area contributed by atoms with Gasteiger partial charge in [-0.05, 0) is 25.9 Å². The van der Waals surface area contributed by atoms with Gasteiger partial charge in [0.25, 0.3) is 0 Å². The average molecular weight is 295 g/mol. The van der Waals surface area contributed by atoms with Crippen LogP contribution in [0.2, 0.25) is 0 Å². The number of fused-ring (bicyclic) bond motifs is 1. The average Bonchev–Trinajstić information content (AvgIpc) is 2.99. The summed E-state index contributed by atoms with van der Waals surface area (Å²) in [6.45, 7) is 7.09. The summed E-state index contributed by atoms with van der Waals surface area (Å²) in [6, 6.07) is 0. The van der Waals surface area contributed by atoms with Gasteiger partial charge in [-0.25, -0.2) is 0 Å². The minimum Gasteiger partial charge on any atom is -0.378 e. The summed E-state index contributed by atoms with van der Waals surface area (Å²) in [5.74, 6) is 1.27. The number of nitrogens with zero attached hydrogens (tertiary/aromatic N) is 4. The molecular weight excluding hydrogens is 274 g/mol. The van der Waals surface area contributed by atoms with E-state index in [0.29, 0.717) is 12.0 Å². The standard InChI is InChI=1S/C13H21N5OS/c1-9(2)12-15-16-13-18(12)17-11(20-13)5-8-19-10-3-6-14-7-4-10/h9-10,14H,3-8H2,1-2H3. The molecule has 0 bridgehead atoms. The molecule has 0 amide bonds. The molecule has 0 radical (unpaired) electrons. The summed E-state index contributed by atoms with van der Waals surface area (Å²) in [4.78, 5) is 0.880. The van der Waals surface area contributed by atoms with E-state index in [-0.39, 0.29) is 0 Å². The second-order valence-electron chi connectivity index (χ2n) is 5.47. The van der Waals surface area contributed by atoms with Gasteiger partial charge in [0.15, 0.2) is 5.82 Å². The maximum absolute atomic E-state index is 5.92. The predicted octanol–water partition coefficient (Wildman–Crippen LogP) is 1.62. The van der Waals surface area contributed by atoms with E-state index in [1.165, 1.54) is 0 Å². The number of ether oxygens (including phenoxy) is 1. The van der Waals surface area contributed by atoms with Crippen LogP contribution in [0, 0.1) is 0 Å². The fraction of sp³-hybridized carbons (Fsp3) is 0.769. The molecule has 3 rings (SSSR count). The molecule has 0 aromatic carbocycles.